The van der Waals surface area contributed by atoms with Gasteiger partial charge in [0.15, 0.2) is 9.84 Å². The van der Waals surface area contributed by atoms with Gasteiger partial charge in [0, 0.05) is 30.5 Å². The molecule has 25 heavy (non-hydrogen) atoms. The smallest absolute Gasteiger partial charge is 0.274 e. The number of aromatic amines is 1. The summed E-state index contributed by atoms with van der Waals surface area (Å²) >= 11 is 0. The number of nitrogens with zero attached hydrogens (tertiary/aromatic N) is 4. The Balaban J connectivity index is 1.92. The van der Waals surface area contributed by atoms with Gasteiger partial charge in [-0.25, -0.2) is 8.42 Å². The van der Waals surface area contributed by atoms with E-state index in [0.717, 1.165) is 11.3 Å². The van der Waals surface area contributed by atoms with Crippen molar-refractivity contribution in [1.29, 1.82) is 0 Å². The van der Waals surface area contributed by atoms with Crippen molar-refractivity contribution >= 4 is 15.7 Å². The van der Waals surface area contributed by atoms with E-state index >= 15 is 0 Å². The topological polar surface area (TPSA) is 101 Å². The van der Waals surface area contributed by atoms with Crippen LogP contribution in [-0.2, 0) is 16.4 Å². The fourth-order valence-corrected chi connectivity index (χ4v) is 4.44. The lowest BCUT2D eigenvalue weighted by atomic mass is 10.1. The van der Waals surface area contributed by atoms with Crippen molar-refractivity contribution in [1.82, 2.24) is 24.9 Å². The first-order valence-electron chi connectivity index (χ1n) is 8.39. The summed E-state index contributed by atoms with van der Waals surface area (Å²) in [5.74, 6) is -0.143. The number of amides is 1. The van der Waals surface area contributed by atoms with Gasteiger partial charge in [-0.2, -0.15) is 10.2 Å². The van der Waals surface area contributed by atoms with Crippen LogP contribution in [0.4, 0.5) is 0 Å². The van der Waals surface area contributed by atoms with Gasteiger partial charge in [-0.05, 0) is 18.9 Å². The maximum Gasteiger partial charge on any atom is 0.274 e. The van der Waals surface area contributed by atoms with E-state index in [4.69, 9.17) is 0 Å². The zero-order valence-electron chi connectivity index (χ0n) is 14.6. The number of hydrogen-bond acceptors (Lipinski definition) is 5. The van der Waals surface area contributed by atoms with Crippen LogP contribution in [0.3, 0.4) is 0 Å². The minimum Gasteiger partial charge on any atom is -0.328 e. The molecule has 2 aromatic heterocycles. The second-order valence-corrected chi connectivity index (χ2v) is 8.85. The molecule has 3 rings (SSSR count). The van der Waals surface area contributed by atoms with Crippen molar-refractivity contribution in [2.45, 2.75) is 39.3 Å². The molecule has 1 aliphatic rings. The molecule has 0 aliphatic carbocycles. The summed E-state index contributed by atoms with van der Waals surface area (Å²) in [7, 11) is -3.19. The molecular formula is C16H23N5O3S. The predicted molar refractivity (Wildman–Crippen MR) is 93.0 cm³/mol. The Labute approximate surface area is 147 Å². The van der Waals surface area contributed by atoms with Crippen molar-refractivity contribution in [3.63, 3.8) is 0 Å². The zero-order chi connectivity index (χ0) is 18.2. The van der Waals surface area contributed by atoms with Crippen LogP contribution in [0.5, 0.6) is 0 Å². The molecule has 0 aromatic carbocycles. The molecular weight excluding hydrogens is 342 g/mol. The van der Waals surface area contributed by atoms with Gasteiger partial charge in [0.25, 0.3) is 5.91 Å². The maximum absolute atomic E-state index is 12.9. The van der Waals surface area contributed by atoms with E-state index in [1.54, 1.807) is 28.0 Å². The first-order chi connectivity index (χ1) is 11.8. The van der Waals surface area contributed by atoms with Crippen LogP contribution in [0.2, 0.25) is 0 Å². The normalized spacial score (nSPS) is 20.2. The molecule has 0 spiro atoms. The second-order valence-electron chi connectivity index (χ2n) is 6.62. The van der Waals surface area contributed by atoms with Crippen molar-refractivity contribution in [2.75, 3.05) is 18.1 Å². The summed E-state index contributed by atoms with van der Waals surface area (Å²) in [5, 5.41) is 11.2. The van der Waals surface area contributed by atoms with E-state index in [2.05, 4.69) is 15.3 Å². The van der Waals surface area contributed by atoms with Gasteiger partial charge in [-0.15, -0.1) is 0 Å². The zero-order valence-corrected chi connectivity index (χ0v) is 15.5. The van der Waals surface area contributed by atoms with Crippen molar-refractivity contribution in [3.05, 3.63) is 35.4 Å². The van der Waals surface area contributed by atoms with E-state index in [-0.39, 0.29) is 29.9 Å². The van der Waals surface area contributed by atoms with E-state index in [1.165, 1.54) is 0 Å². The molecule has 0 radical (unpaired) electrons. The van der Waals surface area contributed by atoms with E-state index in [1.807, 2.05) is 20.8 Å². The van der Waals surface area contributed by atoms with Gasteiger partial charge in [0.2, 0.25) is 0 Å². The number of nitrogens with one attached hydrogen (secondary N) is 1. The van der Waals surface area contributed by atoms with Gasteiger partial charge in [0.05, 0.1) is 23.7 Å². The molecule has 1 amide bonds. The summed E-state index contributed by atoms with van der Waals surface area (Å²) < 4.78 is 26.0. The van der Waals surface area contributed by atoms with E-state index in [0.29, 0.717) is 12.2 Å². The van der Waals surface area contributed by atoms with Crippen molar-refractivity contribution < 1.29 is 13.2 Å². The maximum atomic E-state index is 12.9. The summed E-state index contributed by atoms with van der Waals surface area (Å²) in [6.07, 6.45) is 3.44. The van der Waals surface area contributed by atoms with Crippen LogP contribution in [-0.4, -0.2) is 57.3 Å². The van der Waals surface area contributed by atoms with Crippen LogP contribution >= 0.6 is 0 Å². The molecule has 8 nitrogen and oxygen atoms in total. The summed E-state index contributed by atoms with van der Waals surface area (Å²) in [6, 6.07) is 1.20. The molecule has 9 heteroatoms. The quantitative estimate of drug-likeness (QED) is 0.882. The molecule has 1 aliphatic heterocycles. The lowest BCUT2D eigenvalue weighted by molar-refractivity contribution is 0.0691. The molecule has 0 saturated carbocycles. The third-order valence-corrected chi connectivity index (χ3v) is 6.12. The Hall–Kier alpha value is -2.16. The van der Waals surface area contributed by atoms with Crippen LogP contribution < -0.4 is 0 Å². The Morgan fingerprint density at radius 3 is 2.80 bits per heavy atom. The standard InChI is InChI=1S/C16H23N5O3S/c1-4-20-9-12(8-17-20)15-10-25(23,24)6-5-21(15)16(22)14-7-13(11(2)3)18-19-14/h7-9,11,15H,4-6,10H2,1-3H3,(H,18,19)/t15-/m0/s1. The number of rotatable bonds is 4. The minimum atomic E-state index is -3.19. The monoisotopic (exact) mass is 365 g/mol. The number of hydrogen-bond donors (Lipinski definition) is 1. The molecule has 2 aromatic rings. The fourth-order valence-electron chi connectivity index (χ4n) is 2.94. The Morgan fingerprint density at radius 2 is 2.20 bits per heavy atom. The first-order valence-corrected chi connectivity index (χ1v) is 10.2. The minimum absolute atomic E-state index is 0.0292. The SMILES string of the molecule is CCn1cc([C@@H]2CS(=O)(=O)CCN2C(=O)c2cc(C(C)C)[nH]n2)cn1. The van der Waals surface area contributed by atoms with Crippen LogP contribution in [0.15, 0.2) is 18.5 Å². The third kappa shape index (κ3) is 3.60. The van der Waals surface area contributed by atoms with Crippen molar-refractivity contribution in [2.24, 2.45) is 0 Å². The van der Waals surface area contributed by atoms with Gasteiger partial charge < -0.3 is 4.90 Å². The largest absolute Gasteiger partial charge is 0.328 e. The van der Waals surface area contributed by atoms with Crippen LogP contribution in [0, 0.1) is 0 Å². The van der Waals surface area contributed by atoms with Crippen molar-refractivity contribution in [3.8, 4) is 0 Å². The highest BCUT2D eigenvalue weighted by Gasteiger charge is 2.37. The third-order valence-electron chi connectivity index (χ3n) is 4.49. The Bertz CT molecular complexity index is 868. The van der Waals surface area contributed by atoms with Gasteiger partial charge in [-0.1, -0.05) is 13.8 Å². The average Bonchev–Trinajstić information content (AvgIpc) is 3.23. The predicted octanol–water partition coefficient (Wildman–Crippen LogP) is 1.36. The molecule has 1 saturated heterocycles. The summed E-state index contributed by atoms with van der Waals surface area (Å²) in [6.45, 7) is 6.82. The number of carbonyl (C=O) groups excluding carboxylic acids is 1. The highest BCUT2D eigenvalue weighted by atomic mass is 32.2. The Kier molecular flexibility index (Phi) is 4.68. The molecule has 3 heterocycles. The second kappa shape index (κ2) is 6.62. The summed E-state index contributed by atoms with van der Waals surface area (Å²) in [4.78, 5) is 14.5. The van der Waals surface area contributed by atoms with E-state index < -0.39 is 15.9 Å². The van der Waals surface area contributed by atoms with Gasteiger partial charge >= 0.3 is 0 Å². The average molecular weight is 365 g/mol. The lowest BCUT2D eigenvalue weighted by Crippen LogP contribution is -2.46. The number of H-pyrrole nitrogens is 1. The van der Waals surface area contributed by atoms with Crippen LogP contribution in [0.1, 0.15) is 54.5 Å². The first kappa shape index (κ1) is 17.7. The number of aryl methyl sites for hydroxylation is 1. The van der Waals surface area contributed by atoms with Crippen LogP contribution in [0.25, 0.3) is 0 Å². The molecule has 1 atom stereocenters. The molecule has 0 unspecified atom stereocenters. The number of sulfone groups is 1. The molecule has 1 fully saturated rings. The number of carbonyl (C=O) groups is 1. The highest BCUT2D eigenvalue weighted by molar-refractivity contribution is 7.91. The molecule has 136 valence electrons. The highest BCUT2D eigenvalue weighted by Crippen LogP contribution is 2.28. The Morgan fingerprint density at radius 1 is 1.44 bits per heavy atom. The molecule has 0 bridgehead atoms. The fraction of sp³-hybridized carbons (Fsp3) is 0.562. The van der Waals surface area contributed by atoms with E-state index in [9.17, 15) is 13.2 Å². The number of aromatic nitrogens is 4. The summed E-state index contributed by atoms with van der Waals surface area (Å²) in [5.41, 5.74) is 1.93. The lowest BCUT2D eigenvalue weighted by Gasteiger charge is -2.34. The van der Waals surface area contributed by atoms with Gasteiger partial charge in [-0.3, -0.25) is 14.6 Å². The molecule has 1 N–H and O–H groups in total. The van der Waals surface area contributed by atoms with Gasteiger partial charge in [0.1, 0.15) is 5.69 Å².